The van der Waals surface area contributed by atoms with Crippen LogP contribution in [0.25, 0.3) is 10.9 Å². The Morgan fingerprint density at radius 3 is 2.71 bits per heavy atom. The van der Waals surface area contributed by atoms with Gasteiger partial charge in [-0.25, -0.2) is 0 Å². The van der Waals surface area contributed by atoms with Gasteiger partial charge in [0.25, 0.3) is 0 Å². The molecule has 17 heavy (non-hydrogen) atoms. The third-order valence-corrected chi connectivity index (χ3v) is 2.30. The minimum atomic E-state index is -4.88. The summed E-state index contributed by atoms with van der Waals surface area (Å²) < 4.78 is 36.4. The van der Waals surface area contributed by atoms with E-state index in [1.165, 1.54) is 6.07 Å². The van der Waals surface area contributed by atoms with Crippen LogP contribution < -0.4 is 5.32 Å². The maximum absolute atomic E-state index is 12.1. The smallest absolute Gasteiger partial charge is 0.359 e. The number of alkyl halides is 3. The largest absolute Gasteiger partial charge is 0.471 e. The molecule has 90 valence electrons. The van der Waals surface area contributed by atoms with Crippen molar-refractivity contribution in [2.24, 2.45) is 0 Å². The Labute approximate surface area is 94.6 Å². The van der Waals surface area contributed by atoms with Crippen LogP contribution in [0.1, 0.15) is 5.69 Å². The Balaban J connectivity index is 2.39. The molecule has 0 atom stereocenters. The van der Waals surface area contributed by atoms with Gasteiger partial charge in [0.1, 0.15) is 0 Å². The average molecular weight is 242 g/mol. The summed E-state index contributed by atoms with van der Waals surface area (Å²) in [5, 5.41) is 2.41. The number of aromatic nitrogens is 1. The molecule has 0 saturated heterocycles. The van der Waals surface area contributed by atoms with Gasteiger partial charge in [0, 0.05) is 16.6 Å². The van der Waals surface area contributed by atoms with Crippen LogP contribution in [-0.2, 0) is 4.79 Å². The predicted molar refractivity (Wildman–Crippen MR) is 57.7 cm³/mol. The first-order chi connectivity index (χ1) is 7.88. The van der Waals surface area contributed by atoms with Crippen LogP contribution in [0.15, 0.2) is 24.3 Å². The SMILES string of the molecule is Cc1cc2c(NC(=O)C(F)(F)F)cccc2[nH]1. The van der Waals surface area contributed by atoms with Crippen molar-refractivity contribution >= 4 is 22.5 Å². The number of nitrogens with one attached hydrogen (secondary N) is 2. The van der Waals surface area contributed by atoms with Crippen molar-refractivity contribution in [2.45, 2.75) is 13.1 Å². The van der Waals surface area contributed by atoms with E-state index in [4.69, 9.17) is 0 Å². The van der Waals surface area contributed by atoms with Crippen molar-refractivity contribution in [1.82, 2.24) is 4.98 Å². The van der Waals surface area contributed by atoms with E-state index in [0.29, 0.717) is 10.9 Å². The first-order valence-electron chi connectivity index (χ1n) is 4.84. The third kappa shape index (κ3) is 2.25. The van der Waals surface area contributed by atoms with Gasteiger partial charge in [-0.2, -0.15) is 13.2 Å². The van der Waals surface area contributed by atoms with Crippen LogP contribution in [0.3, 0.4) is 0 Å². The topological polar surface area (TPSA) is 44.9 Å². The number of H-pyrrole nitrogens is 1. The lowest BCUT2D eigenvalue weighted by Crippen LogP contribution is -2.29. The molecule has 0 aliphatic carbocycles. The molecule has 1 aromatic carbocycles. The van der Waals surface area contributed by atoms with Gasteiger partial charge >= 0.3 is 12.1 Å². The first kappa shape index (κ1) is 11.5. The lowest BCUT2D eigenvalue weighted by molar-refractivity contribution is -0.167. The van der Waals surface area contributed by atoms with Crippen LogP contribution in [0.5, 0.6) is 0 Å². The summed E-state index contributed by atoms with van der Waals surface area (Å²) in [6.07, 6.45) is -4.88. The number of amides is 1. The second-order valence-corrected chi connectivity index (χ2v) is 3.67. The van der Waals surface area contributed by atoms with E-state index in [1.54, 1.807) is 25.1 Å². The third-order valence-electron chi connectivity index (χ3n) is 2.30. The van der Waals surface area contributed by atoms with Gasteiger partial charge in [-0.1, -0.05) is 6.07 Å². The molecule has 1 heterocycles. The number of fused-ring (bicyclic) bond motifs is 1. The molecule has 0 radical (unpaired) electrons. The Kier molecular flexibility index (Phi) is 2.57. The number of carbonyl (C=O) groups excluding carboxylic acids is 1. The molecule has 0 saturated carbocycles. The van der Waals surface area contributed by atoms with Gasteiger partial charge in [-0.3, -0.25) is 4.79 Å². The zero-order valence-corrected chi connectivity index (χ0v) is 8.85. The van der Waals surface area contributed by atoms with E-state index in [0.717, 1.165) is 5.69 Å². The number of benzene rings is 1. The summed E-state index contributed by atoms with van der Waals surface area (Å²) >= 11 is 0. The molecule has 0 unspecified atom stereocenters. The molecule has 0 bridgehead atoms. The van der Waals surface area contributed by atoms with Crippen molar-refractivity contribution in [3.63, 3.8) is 0 Å². The van der Waals surface area contributed by atoms with Gasteiger partial charge in [0.15, 0.2) is 0 Å². The molecule has 3 nitrogen and oxygen atoms in total. The number of aryl methyl sites for hydroxylation is 1. The van der Waals surface area contributed by atoms with Crippen LogP contribution in [-0.4, -0.2) is 17.1 Å². The molecule has 0 fully saturated rings. The number of aromatic amines is 1. The maximum atomic E-state index is 12.1. The molecule has 2 N–H and O–H groups in total. The number of carbonyl (C=O) groups is 1. The highest BCUT2D eigenvalue weighted by atomic mass is 19.4. The van der Waals surface area contributed by atoms with Gasteiger partial charge < -0.3 is 10.3 Å². The minimum Gasteiger partial charge on any atom is -0.359 e. The van der Waals surface area contributed by atoms with E-state index in [9.17, 15) is 18.0 Å². The highest BCUT2D eigenvalue weighted by Gasteiger charge is 2.38. The molecular weight excluding hydrogens is 233 g/mol. The standard InChI is InChI=1S/C11H9F3N2O/c1-6-5-7-8(15-6)3-2-4-9(7)16-10(17)11(12,13)14/h2-5,15H,1H3,(H,16,17). The second kappa shape index (κ2) is 3.80. The predicted octanol–water partition coefficient (Wildman–Crippen LogP) is 2.98. The van der Waals surface area contributed by atoms with Crippen LogP contribution in [0, 0.1) is 6.92 Å². The summed E-state index contributed by atoms with van der Waals surface area (Å²) in [4.78, 5) is 13.8. The van der Waals surface area contributed by atoms with Crippen molar-refractivity contribution in [1.29, 1.82) is 0 Å². The van der Waals surface area contributed by atoms with E-state index in [1.807, 2.05) is 5.32 Å². The Hall–Kier alpha value is -1.98. The van der Waals surface area contributed by atoms with Crippen molar-refractivity contribution in [2.75, 3.05) is 5.32 Å². The average Bonchev–Trinajstić information content (AvgIpc) is 2.58. The zero-order chi connectivity index (χ0) is 12.6. The highest BCUT2D eigenvalue weighted by Crippen LogP contribution is 2.26. The van der Waals surface area contributed by atoms with Gasteiger partial charge in [-0.15, -0.1) is 0 Å². The van der Waals surface area contributed by atoms with Crippen LogP contribution >= 0.6 is 0 Å². The number of anilines is 1. The molecule has 0 spiro atoms. The van der Waals surface area contributed by atoms with E-state index in [-0.39, 0.29) is 5.69 Å². The lowest BCUT2D eigenvalue weighted by atomic mass is 10.2. The summed E-state index contributed by atoms with van der Waals surface area (Å²) in [6.45, 7) is 1.79. The molecule has 2 rings (SSSR count). The first-order valence-corrected chi connectivity index (χ1v) is 4.84. The zero-order valence-electron chi connectivity index (χ0n) is 8.85. The Morgan fingerprint density at radius 2 is 2.06 bits per heavy atom. The van der Waals surface area contributed by atoms with E-state index in [2.05, 4.69) is 4.98 Å². The summed E-state index contributed by atoms with van der Waals surface area (Å²) in [5.41, 5.74) is 1.64. The second-order valence-electron chi connectivity index (χ2n) is 3.67. The molecule has 2 aromatic rings. The highest BCUT2D eigenvalue weighted by molar-refractivity contribution is 6.03. The van der Waals surface area contributed by atoms with Crippen LogP contribution in [0.4, 0.5) is 18.9 Å². The lowest BCUT2D eigenvalue weighted by Gasteiger charge is -2.08. The summed E-state index contributed by atoms with van der Waals surface area (Å²) in [7, 11) is 0. The number of hydrogen-bond donors (Lipinski definition) is 2. The molecule has 1 aromatic heterocycles. The van der Waals surface area contributed by atoms with E-state index >= 15 is 0 Å². The fourth-order valence-corrected chi connectivity index (χ4v) is 1.60. The van der Waals surface area contributed by atoms with Gasteiger partial charge in [0.2, 0.25) is 0 Å². The maximum Gasteiger partial charge on any atom is 0.471 e. The van der Waals surface area contributed by atoms with Gasteiger partial charge in [0.05, 0.1) is 5.69 Å². The molecule has 0 aliphatic rings. The van der Waals surface area contributed by atoms with Gasteiger partial charge in [-0.05, 0) is 25.1 Å². The fraction of sp³-hybridized carbons (Fsp3) is 0.182. The monoisotopic (exact) mass is 242 g/mol. The van der Waals surface area contributed by atoms with Crippen molar-refractivity contribution in [3.05, 3.63) is 30.0 Å². The quantitative estimate of drug-likeness (QED) is 0.793. The molecule has 6 heteroatoms. The normalized spacial score (nSPS) is 11.8. The minimum absolute atomic E-state index is 0.147. The summed E-state index contributed by atoms with van der Waals surface area (Å²) in [5.74, 6) is -1.97. The Morgan fingerprint density at radius 1 is 1.35 bits per heavy atom. The Bertz CT molecular complexity index is 572. The summed E-state index contributed by atoms with van der Waals surface area (Å²) in [6, 6.07) is 6.41. The molecular formula is C11H9F3N2O. The van der Waals surface area contributed by atoms with E-state index < -0.39 is 12.1 Å². The molecule has 0 aliphatic heterocycles. The van der Waals surface area contributed by atoms with Crippen molar-refractivity contribution in [3.8, 4) is 0 Å². The van der Waals surface area contributed by atoms with Crippen LogP contribution in [0.2, 0.25) is 0 Å². The van der Waals surface area contributed by atoms with Crippen molar-refractivity contribution < 1.29 is 18.0 Å². The number of rotatable bonds is 1. The number of hydrogen-bond acceptors (Lipinski definition) is 1. The fourth-order valence-electron chi connectivity index (χ4n) is 1.60. The number of halogens is 3. The molecule has 1 amide bonds.